The lowest BCUT2D eigenvalue weighted by atomic mass is 10.3. The minimum atomic E-state index is -3.43. The predicted molar refractivity (Wildman–Crippen MR) is 55.7 cm³/mol. The summed E-state index contributed by atoms with van der Waals surface area (Å²) in [6.45, 7) is 2.44. The van der Waals surface area contributed by atoms with Crippen LogP contribution >= 0.6 is 0 Å². The molecule has 15 heavy (non-hydrogen) atoms. The first kappa shape index (κ1) is 12.9. The van der Waals surface area contributed by atoms with Gasteiger partial charge in [0.2, 0.25) is 0 Å². The van der Waals surface area contributed by atoms with Gasteiger partial charge in [-0.1, -0.05) is 0 Å². The SMILES string of the molecule is CCS(=O)(=O)O[C@H]1CCN(C[SH](=O)=O)C1. The van der Waals surface area contributed by atoms with Crippen LogP contribution in [0.5, 0.6) is 0 Å². The zero-order chi connectivity index (χ0) is 11.5. The van der Waals surface area contributed by atoms with Crippen LogP contribution in [0.25, 0.3) is 0 Å². The van der Waals surface area contributed by atoms with E-state index < -0.39 is 26.9 Å². The van der Waals surface area contributed by atoms with Gasteiger partial charge in [-0.15, -0.1) is 0 Å². The molecule has 1 heterocycles. The van der Waals surface area contributed by atoms with Crippen molar-refractivity contribution >= 4 is 20.8 Å². The van der Waals surface area contributed by atoms with E-state index in [1.54, 1.807) is 4.90 Å². The van der Waals surface area contributed by atoms with E-state index in [1.807, 2.05) is 0 Å². The number of likely N-dealkylation sites (tertiary alicyclic amines) is 1. The molecule has 0 aromatic carbocycles. The number of nitrogens with zero attached hydrogens (tertiary/aromatic N) is 1. The molecule has 1 aliphatic rings. The third-order valence-corrected chi connectivity index (χ3v) is 4.08. The molecule has 1 rings (SSSR count). The van der Waals surface area contributed by atoms with Crippen molar-refractivity contribution in [1.82, 2.24) is 4.90 Å². The molecule has 0 radical (unpaired) electrons. The van der Waals surface area contributed by atoms with Gasteiger partial charge in [-0.3, -0.25) is 9.08 Å². The van der Waals surface area contributed by atoms with Gasteiger partial charge >= 0.3 is 0 Å². The molecule has 8 heteroatoms. The van der Waals surface area contributed by atoms with E-state index in [2.05, 4.69) is 0 Å². The molecule has 0 unspecified atom stereocenters. The molecule has 0 aromatic rings. The second-order valence-electron chi connectivity index (χ2n) is 3.40. The van der Waals surface area contributed by atoms with Crippen molar-refractivity contribution in [3.63, 3.8) is 0 Å². The molecular weight excluding hydrogens is 242 g/mol. The summed E-state index contributed by atoms with van der Waals surface area (Å²) in [4.78, 5) is 1.67. The van der Waals surface area contributed by atoms with Crippen LogP contribution < -0.4 is 0 Å². The topological polar surface area (TPSA) is 80.8 Å². The van der Waals surface area contributed by atoms with Crippen LogP contribution in [0, 0.1) is 0 Å². The Hall–Kier alpha value is -0.180. The highest BCUT2D eigenvalue weighted by Crippen LogP contribution is 2.14. The number of hydrogen-bond acceptors (Lipinski definition) is 6. The molecule has 1 saturated heterocycles. The first-order valence-electron chi connectivity index (χ1n) is 4.68. The number of hydrogen-bond donors (Lipinski definition) is 1. The smallest absolute Gasteiger partial charge is 0.267 e. The first-order valence-corrected chi connectivity index (χ1v) is 7.62. The normalized spacial score (nSPS) is 23.7. The lowest BCUT2D eigenvalue weighted by molar-refractivity contribution is 0.214. The summed E-state index contributed by atoms with van der Waals surface area (Å²) in [5.41, 5.74) is 0. The van der Waals surface area contributed by atoms with E-state index in [0.29, 0.717) is 19.5 Å². The summed E-state index contributed by atoms with van der Waals surface area (Å²) in [6.07, 6.45) is 0.160. The van der Waals surface area contributed by atoms with Crippen LogP contribution in [0.2, 0.25) is 0 Å². The highest BCUT2D eigenvalue weighted by molar-refractivity contribution is 7.86. The average Bonchev–Trinajstić information content (AvgIpc) is 2.50. The molecule has 1 atom stereocenters. The molecule has 0 aliphatic carbocycles. The fourth-order valence-corrected chi connectivity index (χ4v) is 2.73. The Balaban J connectivity index is 2.43. The van der Waals surface area contributed by atoms with Gasteiger partial charge in [0.1, 0.15) is 0 Å². The van der Waals surface area contributed by atoms with Crippen LogP contribution in [-0.4, -0.2) is 52.6 Å². The van der Waals surface area contributed by atoms with E-state index in [4.69, 9.17) is 4.18 Å². The standard InChI is InChI=1S/C7H15NO5S2/c1-2-15(11,12)13-7-3-4-8(5-7)6-14(9)10/h7,14H,2-6H2,1H3/t7-/m0/s1. The second-order valence-corrected chi connectivity index (χ2v) is 6.24. The van der Waals surface area contributed by atoms with Crippen LogP contribution in [0.15, 0.2) is 0 Å². The molecule has 6 nitrogen and oxygen atoms in total. The van der Waals surface area contributed by atoms with Gasteiger partial charge in [0.05, 0.1) is 17.7 Å². The first-order chi connectivity index (χ1) is 6.93. The van der Waals surface area contributed by atoms with Gasteiger partial charge in [0, 0.05) is 13.1 Å². The summed E-state index contributed by atoms with van der Waals surface area (Å²) < 4.78 is 48.0. The quantitative estimate of drug-likeness (QED) is 0.502. The third kappa shape index (κ3) is 4.45. The molecule has 0 spiro atoms. The Labute approximate surface area is 91.3 Å². The molecule has 1 fully saturated rings. The molecule has 1 aliphatic heterocycles. The average molecular weight is 257 g/mol. The second kappa shape index (κ2) is 5.24. The van der Waals surface area contributed by atoms with Crippen molar-refractivity contribution in [3.8, 4) is 0 Å². The Morgan fingerprint density at radius 3 is 2.67 bits per heavy atom. The molecule has 0 N–H and O–H groups in total. The number of thiol groups is 1. The maximum Gasteiger partial charge on any atom is 0.267 e. The van der Waals surface area contributed by atoms with Crippen molar-refractivity contribution in [1.29, 1.82) is 0 Å². The van der Waals surface area contributed by atoms with Crippen molar-refractivity contribution < 1.29 is 21.0 Å². The Morgan fingerprint density at radius 2 is 2.13 bits per heavy atom. The zero-order valence-corrected chi connectivity index (χ0v) is 10.2. The van der Waals surface area contributed by atoms with Gasteiger partial charge in [0.15, 0.2) is 10.7 Å². The maximum absolute atomic E-state index is 11.1. The summed E-state index contributed by atoms with van der Waals surface area (Å²) in [6, 6.07) is 0. The largest absolute Gasteiger partial charge is 0.287 e. The van der Waals surface area contributed by atoms with E-state index in [9.17, 15) is 16.8 Å². The molecule has 0 saturated carbocycles. The van der Waals surface area contributed by atoms with Crippen LogP contribution in [0.3, 0.4) is 0 Å². The maximum atomic E-state index is 11.1. The van der Waals surface area contributed by atoms with E-state index in [0.717, 1.165) is 0 Å². The Morgan fingerprint density at radius 1 is 1.47 bits per heavy atom. The monoisotopic (exact) mass is 257 g/mol. The van der Waals surface area contributed by atoms with Crippen LogP contribution in [0.4, 0.5) is 0 Å². The summed E-state index contributed by atoms with van der Waals surface area (Å²) >= 11 is 0. The molecule has 90 valence electrons. The Kier molecular flexibility index (Phi) is 4.50. The fourth-order valence-electron chi connectivity index (χ4n) is 1.44. The van der Waals surface area contributed by atoms with E-state index in [1.165, 1.54) is 6.92 Å². The minimum absolute atomic E-state index is 0.0264. The van der Waals surface area contributed by atoms with Gasteiger partial charge in [-0.05, 0) is 13.3 Å². The lowest BCUT2D eigenvalue weighted by Gasteiger charge is -2.12. The lowest BCUT2D eigenvalue weighted by Crippen LogP contribution is -2.26. The Bertz CT molecular complexity index is 367. The van der Waals surface area contributed by atoms with Crippen molar-refractivity contribution in [2.75, 3.05) is 24.7 Å². The van der Waals surface area contributed by atoms with Gasteiger partial charge in [-0.25, -0.2) is 8.42 Å². The van der Waals surface area contributed by atoms with Crippen molar-refractivity contribution in [2.45, 2.75) is 19.4 Å². The molecule has 0 amide bonds. The highest BCUT2D eigenvalue weighted by Gasteiger charge is 2.27. The zero-order valence-electron chi connectivity index (χ0n) is 8.46. The molecular formula is C7H15NO5S2. The van der Waals surface area contributed by atoms with E-state index in [-0.39, 0.29) is 11.6 Å². The predicted octanol–water partition coefficient (Wildman–Crippen LogP) is -1.00. The minimum Gasteiger partial charge on any atom is -0.287 e. The van der Waals surface area contributed by atoms with Crippen molar-refractivity contribution in [2.24, 2.45) is 0 Å². The van der Waals surface area contributed by atoms with E-state index >= 15 is 0 Å². The van der Waals surface area contributed by atoms with Crippen LogP contribution in [0.1, 0.15) is 13.3 Å². The fraction of sp³-hybridized carbons (Fsp3) is 1.00. The summed E-state index contributed by atoms with van der Waals surface area (Å²) in [5, 5.41) is 0. The van der Waals surface area contributed by atoms with Gasteiger partial charge < -0.3 is 0 Å². The van der Waals surface area contributed by atoms with Gasteiger partial charge in [-0.2, -0.15) is 8.42 Å². The number of rotatable bonds is 5. The van der Waals surface area contributed by atoms with Crippen LogP contribution in [-0.2, 0) is 25.0 Å². The van der Waals surface area contributed by atoms with Gasteiger partial charge in [0.25, 0.3) is 10.1 Å². The molecule has 0 aromatic heterocycles. The highest BCUT2D eigenvalue weighted by atomic mass is 32.2. The van der Waals surface area contributed by atoms with Crippen molar-refractivity contribution in [3.05, 3.63) is 0 Å². The third-order valence-electron chi connectivity index (χ3n) is 2.18. The summed E-state index contributed by atoms with van der Waals surface area (Å²) in [7, 11) is -5.88. The summed E-state index contributed by atoms with van der Waals surface area (Å²) in [5.74, 6) is -0.0827. The molecule has 0 bridgehead atoms.